The van der Waals surface area contributed by atoms with Crippen LogP contribution in [0.4, 0.5) is 4.39 Å². The third kappa shape index (κ3) is 2.59. The van der Waals surface area contributed by atoms with E-state index in [4.69, 9.17) is 16.1 Å². The molecule has 1 aliphatic carbocycles. The van der Waals surface area contributed by atoms with Gasteiger partial charge in [0, 0.05) is 35.9 Å². The predicted octanol–water partition coefficient (Wildman–Crippen LogP) is 3.64. The van der Waals surface area contributed by atoms with Gasteiger partial charge >= 0.3 is 0 Å². The molecule has 126 valence electrons. The quantitative estimate of drug-likeness (QED) is 0.848. The molecule has 0 N–H and O–H groups in total. The van der Waals surface area contributed by atoms with E-state index in [2.05, 4.69) is 10.1 Å². The predicted molar refractivity (Wildman–Crippen MR) is 85.0 cm³/mol. The molecule has 0 radical (unpaired) electrons. The van der Waals surface area contributed by atoms with Gasteiger partial charge in [-0.1, -0.05) is 22.8 Å². The van der Waals surface area contributed by atoms with Crippen molar-refractivity contribution in [2.45, 2.75) is 38.1 Å². The van der Waals surface area contributed by atoms with E-state index in [1.807, 2.05) is 4.90 Å². The van der Waals surface area contributed by atoms with E-state index in [0.717, 1.165) is 12.8 Å². The van der Waals surface area contributed by atoms with Crippen LogP contribution in [0.5, 0.6) is 0 Å². The summed E-state index contributed by atoms with van der Waals surface area (Å²) in [5.74, 6) is 0.387. The summed E-state index contributed by atoms with van der Waals surface area (Å²) in [4.78, 5) is 18.9. The van der Waals surface area contributed by atoms with Gasteiger partial charge in [0.05, 0.1) is 6.04 Å². The van der Waals surface area contributed by atoms with Crippen LogP contribution in [0.3, 0.4) is 0 Å². The van der Waals surface area contributed by atoms with Crippen molar-refractivity contribution in [3.8, 4) is 0 Å². The van der Waals surface area contributed by atoms with Crippen molar-refractivity contribution < 1.29 is 13.7 Å². The Bertz CT molecular complexity index is 774. The summed E-state index contributed by atoms with van der Waals surface area (Å²) in [7, 11) is 0. The number of hydrogen-bond donors (Lipinski definition) is 0. The lowest BCUT2D eigenvalue weighted by molar-refractivity contribution is -0.133. The fraction of sp³-hybridized carbons (Fsp3) is 0.471. The molecular weight excluding hydrogens is 333 g/mol. The highest BCUT2D eigenvalue weighted by molar-refractivity contribution is 6.31. The van der Waals surface area contributed by atoms with Gasteiger partial charge in [-0.15, -0.1) is 0 Å². The first-order valence-electron chi connectivity index (χ1n) is 8.11. The number of halogens is 2. The molecule has 24 heavy (non-hydrogen) atoms. The Kier molecular flexibility index (Phi) is 3.79. The van der Waals surface area contributed by atoms with Crippen molar-refractivity contribution in [2.75, 3.05) is 6.54 Å². The lowest BCUT2D eigenvalue weighted by Crippen LogP contribution is -2.32. The lowest BCUT2D eigenvalue weighted by Gasteiger charge is -2.22. The zero-order valence-electron chi connectivity index (χ0n) is 13.2. The van der Waals surface area contributed by atoms with E-state index in [-0.39, 0.29) is 29.6 Å². The normalized spacial score (nSPS) is 26.0. The second-order valence-corrected chi connectivity index (χ2v) is 6.85. The minimum absolute atomic E-state index is 0.0317. The van der Waals surface area contributed by atoms with Gasteiger partial charge in [-0.2, -0.15) is 4.98 Å². The molecule has 1 saturated heterocycles. The van der Waals surface area contributed by atoms with Gasteiger partial charge in [-0.3, -0.25) is 4.79 Å². The van der Waals surface area contributed by atoms with E-state index in [9.17, 15) is 9.18 Å². The molecule has 1 aromatic heterocycles. The van der Waals surface area contributed by atoms with E-state index in [1.54, 1.807) is 19.1 Å². The number of aromatic nitrogens is 2. The SMILES string of the molecule is Cc1nc([C@@H]2CCCN2C(=O)[C@H]2C[C@H]2c2c(F)cccc2Cl)no1. The fourth-order valence-electron chi connectivity index (χ4n) is 3.61. The highest BCUT2D eigenvalue weighted by Gasteiger charge is 2.50. The Morgan fingerprint density at radius 2 is 2.29 bits per heavy atom. The molecule has 3 atom stereocenters. The summed E-state index contributed by atoms with van der Waals surface area (Å²) < 4.78 is 19.1. The summed E-state index contributed by atoms with van der Waals surface area (Å²) in [5.41, 5.74) is 0.462. The standard InChI is InChI=1S/C17H17ClFN3O2/c1-9-20-16(21-24-9)14-6-3-7-22(14)17(23)11-8-10(11)15-12(18)4-2-5-13(15)19/h2,4-5,10-11,14H,3,6-8H2,1H3/t10-,11+,14+/m1/s1. The number of hydrogen-bond acceptors (Lipinski definition) is 4. The van der Waals surface area contributed by atoms with E-state index in [0.29, 0.717) is 35.3 Å². The Morgan fingerprint density at radius 3 is 3.00 bits per heavy atom. The van der Waals surface area contributed by atoms with Crippen LogP contribution in [-0.4, -0.2) is 27.5 Å². The number of likely N-dealkylation sites (tertiary alicyclic amines) is 1. The van der Waals surface area contributed by atoms with Gasteiger partial charge in [-0.25, -0.2) is 4.39 Å². The first-order valence-corrected chi connectivity index (χ1v) is 8.48. The van der Waals surface area contributed by atoms with Crippen molar-refractivity contribution >= 4 is 17.5 Å². The molecule has 1 aromatic carbocycles. The molecule has 5 nitrogen and oxygen atoms in total. The summed E-state index contributed by atoms with van der Waals surface area (Å²) in [6.07, 6.45) is 2.36. The number of aryl methyl sites for hydroxylation is 1. The molecule has 0 bridgehead atoms. The maximum atomic E-state index is 14.1. The second kappa shape index (κ2) is 5.84. The van der Waals surface area contributed by atoms with Crippen LogP contribution >= 0.6 is 11.6 Å². The molecule has 0 unspecified atom stereocenters. The maximum absolute atomic E-state index is 14.1. The van der Waals surface area contributed by atoms with E-state index in [1.165, 1.54) is 6.07 Å². The maximum Gasteiger partial charge on any atom is 0.226 e. The van der Waals surface area contributed by atoms with E-state index >= 15 is 0 Å². The molecule has 2 fully saturated rings. The van der Waals surface area contributed by atoms with Gasteiger partial charge in [0.2, 0.25) is 11.8 Å². The number of benzene rings is 1. The van der Waals surface area contributed by atoms with Crippen LogP contribution in [0.25, 0.3) is 0 Å². The monoisotopic (exact) mass is 349 g/mol. The molecule has 2 aromatic rings. The Labute approximate surface area is 143 Å². The molecule has 2 aliphatic rings. The zero-order chi connectivity index (χ0) is 16.8. The molecule has 7 heteroatoms. The molecule has 1 amide bonds. The Morgan fingerprint density at radius 1 is 1.46 bits per heavy atom. The minimum atomic E-state index is -0.338. The molecule has 1 aliphatic heterocycles. The van der Waals surface area contributed by atoms with Gasteiger partial charge < -0.3 is 9.42 Å². The van der Waals surface area contributed by atoms with Crippen molar-refractivity contribution in [2.24, 2.45) is 5.92 Å². The number of rotatable bonds is 3. The number of nitrogens with zero attached hydrogens (tertiary/aromatic N) is 3. The second-order valence-electron chi connectivity index (χ2n) is 6.45. The lowest BCUT2D eigenvalue weighted by atomic mass is 10.1. The summed E-state index contributed by atoms with van der Waals surface area (Å²) in [6.45, 7) is 2.40. The first-order chi connectivity index (χ1) is 11.6. The summed E-state index contributed by atoms with van der Waals surface area (Å²) in [6, 6.07) is 4.49. The average Bonchev–Trinajstić information content (AvgIpc) is 2.96. The minimum Gasteiger partial charge on any atom is -0.340 e. The summed E-state index contributed by atoms with van der Waals surface area (Å²) in [5, 5.41) is 4.35. The molecule has 1 saturated carbocycles. The third-order valence-electron chi connectivity index (χ3n) is 4.86. The smallest absolute Gasteiger partial charge is 0.226 e. The van der Waals surface area contributed by atoms with Crippen molar-refractivity contribution in [1.82, 2.24) is 15.0 Å². The molecule has 2 heterocycles. The van der Waals surface area contributed by atoms with Crippen LogP contribution in [-0.2, 0) is 4.79 Å². The van der Waals surface area contributed by atoms with Gasteiger partial charge in [-0.05, 0) is 31.4 Å². The third-order valence-corrected chi connectivity index (χ3v) is 5.18. The highest BCUT2D eigenvalue weighted by Crippen LogP contribution is 2.52. The van der Waals surface area contributed by atoms with Crippen LogP contribution in [0.1, 0.15) is 48.5 Å². The zero-order valence-corrected chi connectivity index (χ0v) is 14.0. The first kappa shape index (κ1) is 15.6. The fourth-order valence-corrected chi connectivity index (χ4v) is 3.92. The Balaban J connectivity index is 1.53. The average molecular weight is 350 g/mol. The number of amides is 1. The molecule has 4 rings (SSSR count). The molecule has 0 spiro atoms. The van der Waals surface area contributed by atoms with Crippen LogP contribution in [0, 0.1) is 18.7 Å². The van der Waals surface area contributed by atoms with Gasteiger partial charge in [0.15, 0.2) is 5.82 Å². The largest absolute Gasteiger partial charge is 0.340 e. The Hall–Kier alpha value is -1.95. The van der Waals surface area contributed by atoms with Crippen molar-refractivity contribution in [1.29, 1.82) is 0 Å². The van der Waals surface area contributed by atoms with Crippen molar-refractivity contribution in [3.63, 3.8) is 0 Å². The molecular formula is C17H17ClFN3O2. The van der Waals surface area contributed by atoms with Crippen LogP contribution in [0.2, 0.25) is 5.02 Å². The van der Waals surface area contributed by atoms with Gasteiger partial charge in [0.1, 0.15) is 5.82 Å². The van der Waals surface area contributed by atoms with Crippen molar-refractivity contribution in [3.05, 3.63) is 46.3 Å². The van der Waals surface area contributed by atoms with E-state index < -0.39 is 0 Å². The number of carbonyl (C=O) groups is 1. The van der Waals surface area contributed by atoms with Crippen LogP contribution in [0.15, 0.2) is 22.7 Å². The topological polar surface area (TPSA) is 59.2 Å². The van der Waals surface area contributed by atoms with Gasteiger partial charge in [0.25, 0.3) is 0 Å². The summed E-state index contributed by atoms with van der Waals surface area (Å²) >= 11 is 6.12. The highest BCUT2D eigenvalue weighted by atomic mass is 35.5. The number of carbonyl (C=O) groups excluding carboxylic acids is 1. The van der Waals surface area contributed by atoms with Crippen LogP contribution < -0.4 is 0 Å².